The molecule has 3 nitrogen and oxygen atoms in total. The van der Waals surface area contributed by atoms with Gasteiger partial charge in [0.2, 0.25) is 0 Å². The summed E-state index contributed by atoms with van der Waals surface area (Å²) in [4.78, 5) is 0.377. The molecule has 1 N–H and O–H groups in total. The summed E-state index contributed by atoms with van der Waals surface area (Å²) in [6.07, 6.45) is 0. The van der Waals surface area contributed by atoms with Crippen LogP contribution in [0.2, 0.25) is 0 Å². The number of rotatable bonds is 2. The first kappa shape index (κ1) is 15.4. The Morgan fingerprint density at radius 3 is 2.11 bits per heavy atom. The molecule has 0 aliphatic heterocycles. The normalized spacial score (nSPS) is 10.8. The number of hydrogen-bond acceptors (Lipinski definition) is 3. The van der Waals surface area contributed by atoms with E-state index in [1.165, 1.54) is 12.1 Å². The zero-order valence-electron chi connectivity index (χ0n) is 9.45. The second kappa shape index (κ2) is 5.98. The fourth-order valence-electron chi connectivity index (χ4n) is 1.63. The second-order valence-corrected chi connectivity index (χ2v) is 5.36. The van der Waals surface area contributed by atoms with Crippen LogP contribution in [0.1, 0.15) is 0 Å². The first-order valence-corrected chi connectivity index (χ1v) is 6.74. The standard InChI is InChI=1S/C12H10O3S2.Zn/c13-17(14,15)11-8-4-7-10(16)12(11)9-5-2-1-3-6-9;/h1-8,16H,(H,13,14,15);. The third-order valence-electron chi connectivity index (χ3n) is 2.34. The molecule has 2 rings (SSSR count). The van der Waals surface area contributed by atoms with E-state index in [2.05, 4.69) is 12.6 Å². The van der Waals surface area contributed by atoms with Gasteiger partial charge in [-0.05, 0) is 17.7 Å². The van der Waals surface area contributed by atoms with Gasteiger partial charge in [0.15, 0.2) is 0 Å². The van der Waals surface area contributed by atoms with Crippen molar-refractivity contribution in [2.45, 2.75) is 9.79 Å². The van der Waals surface area contributed by atoms with Crippen LogP contribution in [0.25, 0.3) is 11.1 Å². The molecule has 0 fully saturated rings. The van der Waals surface area contributed by atoms with Crippen LogP contribution in [-0.4, -0.2) is 13.0 Å². The fraction of sp³-hybridized carbons (Fsp3) is 0. The van der Waals surface area contributed by atoms with Gasteiger partial charge in [-0.3, -0.25) is 4.55 Å². The van der Waals surface area contributed by atoms with Gasteiger partial charge >= 0.3 is 0 Å². The molecular formula is C12H10O3S2Zn. The van der Waals surface area contributed by atoms with E-state index in [-0.39, 0.29) is 24.4 Å². The maximum atomic E-state index is 11.3. The van der Waals surface area contributed by atoms with Crippen LogP contribution in [-0.2, 0) is 29.6 Å². The monoisotopic (exact) mass is 330 g/mol. The summed E-state index contributed by atoms with van der Waals surface area (Å²) in [5, 5.41) is 0. The minimum Gasteiger partial charge on any atom is -0.282 e. The Kier molecular flexibility index (Phi) is 5.11. The summed E-state index contributed by atoms with van der Waals surface area (Å²) < 4.78 is 31.8. The first-order chi connectivity index (χ1) is 8.00. The molecule has 0 aliphatic carbocycles. The van der Waals surface area contributed by atoms with Crippen LogP contribution < -0.4 is 0 Å². The largest absolute Gasteiger partial charge is 0.295 e. The Hall–Kier alpha value is -0.677. The SMILES string of the molecule is O=S(=O)(O)c1cccc(S)c1-c1ccccc1.[Zn]. The molecular weight excluding hydrogens is 322 g/mol. The molecule has 0 saturated carbocycles. The second-order valence-electron chi connectivity index (χ2n) is 3.49. The van der Waals surface area contributed by atoms with Gasteiger partial charge in [0.25, 0.3) is 10.1 Å². The minimum absolute atomic E-state index is 0. The van der Waals surface area contributed by atoms with Crippen LogP contribution in [0.3, 0.4) is 0 Å². The summed E-state index contributed by atoms with van der Waals surface area (Å²) in [5.41, 5.74) is 1.12. The van der Waals surface area contributed by atoms with Crippen molar-refractivity contribution in [3.8, 4) is 11.1 Å². The Morgan fingerprint density at radius 1 is 0.944 bits per heavy atom. The molecule has 2 aromatic rings. The molecule has 2 aromatic carbocycles. The average molecular weight is 332 g/mol. The third-order valence-corrected chi connectivity index (χ3v) is 3.61. The molecule has 0 aromatic heterocycles. The van der Waals surface area contributed by atoms with E-state index in [0.717, 1.165) is 0 Å². The number of benzene rings is 2. The number of hydrogen-bond donors (Lipinski definition) is 2. The molecule has 18 heavy (non-hydrogen) atoms. The first-order valence-electron chi connectivity index (χ1n) is 4.85. The molecule has 0 bridgehead atoms. The van der Waals surface area contributed by atoms with E-state index in [9.17, 15) is 13.0 Å². The molecule has 0 atom stereocenters. The van der Waals surface area contributed by atoms with E-state index in [4.69, 9.17) is 0 Å². The zero-order chi connectivity index (χ0) is 12.5. The van der Waals surface area contributed by atoms with Crippen molar-refractivity contribution in [3.05, 3.63) is 48.5 Å². The molecule has 0 unspecified atom stereocenters. The smallest absolute Gasteiger partial charge is 0.282 e. The van der Waals surface area contributed by atoms with Crippen molar-refractivity contribution in [2.24, 2.45) is 0 Å². The van der Waals surface area contributed by atoms with Crippen LogP contribution in [0.4, 0.5) is 0 Å². The van der Waals surface area contributed by atoms with Gasteiger partial charge in [-0.25, -0.2) is 0 Å². The summed E-state index contributed by atoms with van der Waals surface area (Å²) in [7, 11) is -4.25. The van der Waals surface area contributed by atoms with E-state index in [1.54, 1.807) is 30.3 Å². The van der Waals surface area contributed by atoms with Crippen LogP contribution in [0.5, 0.6) is 0 Å². The maximum absolute atomic E-state index is 11.3. The Balaban J connectivity index is 0.00000162. The van der Waals surface area contributed by atoms with Crippen LogP contribution >= 0.6 is 12.6 Å². The van der Waals surface area contributed by atoms with Crippen molar-refractivity contribution in [3.63, 3.8) is 0 Å². The van der Waals surface area contributed by atoms with Crippen molar-refractivity contribution < 1.29 is 32.4 Å². The molecule has 0 spiro atoms. The molecule has 0 aliphatic rings. The molecule has 0 amide bonds. The molecule has 0 saturated heterocycles. The summed E-state index contributed by atoms with van der Waals surface area (Å²) in [6.45, 7) is 0. The number of thiol groups is 1. The van der Waals surface area contributed by atoms with E-state index < -0.39 is 10.1 Å². The van der Waals surface area contributed by atoms with Crippen molar-refractivity contribution in [1.82, 2.24) is 0 Å². The van der Waals surface area contributed by atoms with Gasteiger partial charge in [0.1, 0.15) is 4.90 Å². The molecule has 0 radical (unpaired) electrons. The van der Waals surface area contributed by atoms with Gasteiger partial charge in [-0.2, -0.15) is 8.42 Å². The van der Waals surface area contributed by atoms with Gasteiger partial charge in [0.05, 0.1) is 0 Å². The Morgan fingerprint density at radius 2 is 1.56 bits per heavy atom. The van der Waals surface area contributed by atoms with Gasteiger partial charge in [-0.1, -0.05) is 36.4 Å². The quantitative estimate of drug-likeness (QED) is 0.505. The summed E-state index contributed by atoms with van der Waals surface area (Å²) in [6, 6.07) is 13.5. The molecule has 90 valence electrons. The zero-order valence-corrected chi connectivity index (χ0v) is 14.1. The fourth-order valence-corrected chi connectivity index (χ4v) is 2.78. The van der Waals surface area contributed by atoms with Crippen molar-refractivity contribution in [2.75, 3.05) is 0 Å². The van der Waals surface area contributed by atoms with E-state index in [0.29, 0.717) is 16.0 Å². The Labute approximate surface area is 124 Å². The summed E-state index contributed by atoms with van der Waals surface area (Å²) in [5.74, 6) is 0. The van der Waals surface area contributed by atoms with Crippen LogP contribution in [0, 0.1) is 0 Å². The summed E-state index contributed by atoms with van der Waals surface area (Å²) >= 11 is 4.24. The van der Waals surface area contributed by atoms with Crippen LogP contribution in [0.15, 0.2) is 58.3 Å². The van der Waals surface area contributed by atoms with Gasteiger partial charge in [0, 0.05) is 29.9 Å². The van der Waals surface area contributed by atoms with Crippen molar-refractivity contribution >= 4 is 22.7 Å². The minimum atomic E-state index is -4.25. The average Bonchev–Trinajstić information content (AvgIpc) is 2.28. The molecule has 0 heterocycles. The van der Waals surface area contributed by atoms with Gasteiger partial charge < -0.3 is 0 Å². The Bertz CT molecular complexity index is 640. The predicted molar refractivity (Wildman–Crippen MR) is 68.9 cm³/mol. The van der Waals surface area contributed by atoms with E-state index >= 15 is 0 Å². The topological polar surface area (TPSA) is 54.4 Å². The van der Waals surface area contributed by atoms with Crippen molar-refractivity contribution in [1.29, 1.82) is 0 Å². The van der Waals surface area contributed by atoms with E-state index in [1.807, 2.05) is 6.07 Å². The predicted octanol–water partition coefficient (Wildman–Crippen LogP) is 2.89. The van der Waals surface area contributed by atoms with Gasteiger partial charge in [-0.15, -0.1) is 12.6 Å². The maximum Gasteiger partial charge on any atom is 0.295 e. The molecule has 6 heteroatoms. The third kappa shape index (κ3) is 3.20.